The van der Waals surface area contributed by atoms with Crippen molar-refractivity contribution in [3.8, 4) is 0 Å². The van der Waals surface area contributed by atoms with Crippen molar-refractivity contribution in [2.45, 2.75) is 44.9 Å². The molecule has 0 saturated heterocycles. The highest BCUT2D eigenvalue weighted by Gasteiger charge is 2.51. The Labute approximate surface area is 146 Å². The zero-order chi connectivity index (χ0) is 17.4. The van der Waals surface area contributed by atoms with E-state index in [4.69, 9.17) is 0 Å². The van der Waals surface area contributed by atoms with Crippen molar-refractivity contribution in [1.29, 1.82) is 0 Å². The minimum absolute atomic E-state index is 0.0124. The summed E-state index contributed by atoms with van der Waals surface area (Å²) in [7, 11) is 0. The van der Waals surface area contributed by atoms with Crippen LogP contribution in [0.5, 0.6) is 0 Å². The number of benzene rings is 1. The molecule has 0 radical (unpaired) electrons. The van der Waals surface area contributed by atoms with E-state index in [1.54, 1.807) is 18.2 Å². The predicted octanol–water partition coefficient (Wildman–Crippen LogP) is 3.65. The minimum atomic E-state index is -0.446. The van der Waals surface area contributed by atoms with Crippen LogP contribution >= 0.6 is 0 Å². The zero-order valence-electron chi connectivity index (χ0n) is 14.2. The first kappa shape index (κ1) is 16.2. The minimum Gasteiger partial charge on any atom is -0.273 e. The standard InChI is InChI=1S/C19H23N3O3/c23-18(21-20-12-16-3-1-2-4-17(16)22(24)25)11-19-8-13-5-14(9-19)7-15(6-13)10-19/h1-4,12-15H,5-11H2,(H,21,23)/b20-12-. The molecule has 0 aliphatic heterocycles. The number of hydrogen-bond acceptors (Lipinski definition) is 4. The van der Waals surface area contributed by atoms with Gasteiger partial charge in [-0.2, -0.15) is 5.10 Å². The Morgan fingerprint density at radius 3 is 2.40 bits per heavy atom. The van der Waals surface area contributed by atoms with Gasteiger partial charge in [0.25, 0.3) is 5.69 Å². The fourth-order valence-corrected chi connectivity index (χ4v) is 5.82. The first-order valence-electron chi connectivity index (χ1n) is 9.08. The fraction of sp³-hybridized carbons (Fsp3) is 0.579. The topological polar surface area (TPSA) is 84.6 Å². The fourth-order valence-electron chi connectivity index (χ4n) is 5.82. The van der Waals surface area contributed by atoms with Gasteiger partial charge in [-0.05, 0) is 67.8 Å². The van der Waals surface area contributed by atoms with E-state index in [0.717, 1.165) is 17.8 Å². The van der Waals surface area contributed by atoms with E-state index in [0.29, 0.717) is 12.0 Å². The molecule has 25 heavy (non-hydrogen) atoms. The molecule has 0 unspecified atom stereocenters. The number of nitrogens with zero attached hydrogens (tertiary/aromatic N) is 2. The van der Waals surface area contributed by atoms with Gasteiger partial charge in [0.15, 0.2) is 0 Å². The molecule has 0 spiro atoms. The molecule has 6 nitrogen and oxygen atoms in total. The number of nitro benzene ring substituents is 1. The number of carbonyl (C=O) groups excluding carboxylic acids is 1. The van der Waals surface area contributed by atoms with E-state index >= 15 is 0 Å². The third-order valence-electron chi connectivity index (χ3n) is 6.23. The first-order chi connectivity index (χ1) is 12.0. The highest BCUT2D eigenvalue weighted by molar-refractivity contribution is 5.86. The number of hydrogen-bond donors (Lipinski definition) is 1. The van der Waals surface area contributed by atoms with Gasteiger partial charge in [0.1, 0.15) is 0 Å². The van der Waals surface area contributed by atoms with Crippen LogP contribution in [0.3, 0.4) is 0 Å². The van der Waals surface area contributed by atoms with Gasteiger partial charge in [-0.25, -0.2) is 5.43 Å². The quantitative estimate of drug-likeness (QED) is 0.504. The summed E-state index contributed by atoms with van der Waals surface area (Å²) in [6.07, 6.45) is 9.51. The monoisotopic (exact) mass is 341 g/mol. The number of hydrazone groups is 1. The van der Waals surface area contributed by atoms with Crippen LogP contribution in [0.15, 0.2) is 29.4 Å². The second-order valence-electron chi connectivity index (χ2n) is 8.20. The van der Waals surface area contributed by atoms with Gasteiger partial charge in [-0.15, -0.1) is 0 Å². The van der Waals surface area contributed by atoms with Crippen molar-refractivity contribution < 1.29 is 9.72 Å². The maximum Gasteiger partial charge on any atom is 0.278 e. The average Bonchev–Trinajstić information content (AvgIpc) is 2.53. The molecular weight excluding hydrogens is 318 g/mol. The van der Waals surface area contributed by atoms with E-state index in [-0.39, 0.29) is 17.0 Å². The van der Waals surface area contributed by atoms with Gasteiger partial charge in [0.05, 0.1) is 16.7 Å². The van der Waals surface area contributed by atoms with Crippen molar-refractivity contribution in [2.75, 3.05) is 0 Å². The average molecular weight is 341 g/mol. The van der Waals surface area contributed by atoms with Crippen molar-refractivity contribution in [3.05, 3.63) is 39.9 Å². The van der Waals surface area contributed by atoms with Crippen LogP contribution in [-0.2, 0) is 4.79 Å². The van der Waals surface area contributed by atoms with Crippen LogP contribution in [0, 0.1) is 33.3 Å². The number of amides is 1. The molecule has 0 atom stereocenters. The van der Waals surface area contributed by atoms with Crippen molar-refractivity contribution in [3.63, 3.8) is 0 Å². The summed E-state index contributed by atoms with van der Waals surface area (Å²) in [5.41, 5.74) is 3.13. The summed E-state index contributed by atoms with van der Waals surface area (Å²) in [6.45, 7) is 0. The van der Waals surface area contributed by atoms with E-state index in [1.165, 1.54) is 50.8 Å². The Hall–Kier alpha value is -2.24. The molecule has 0 heterocycles. The molecule has 1 N–H and O–H groups in total. The largest absolute Gasteiger partial charge is 0.278 e. The molecule has 1 amide bonds. The Bertz CT molecular complexity index is 693. The molecule has 1 aromatic carbocycles. The Morgan fingerprint density at radius 2 is 1.80 bits per heavy atom. The summed E-state index contributed by atoms with van der Waals surface area (Å²) in [5.74, 6) is 2.37. The number of carbonyl (C=O) groups is 1. The van der Waals surface area contributed by atoms with E-state index in [1.807, 2.05) is 0 Å². The number of para-hydroxylation sites is 1. The predicted molar refractivity (Wildman–Crippen MR) is 94.1 cm³/mol. The molecule has 4 saturated carbocycles. The highest BCUT2D eigenvalue weighted by atomic mass is 16.6. The molecule has 0 aromatic heterocycles. The molecule has 6 heteroatoms. The molecular formula is C19H23N3O3. The second kappa shape index (κ2) is 6.24. The van der Waals surface area contributed by atoms with Crippen molar-refractivity contribution in [1.82, 2.24) is 5.43 Å². The molecule has 4 fully saturated rings. The maximum atomic E-state index is 12.4. The first-order valence-corrected chi connectivity index (χ1v) is 9.08. The summed E-state index contributed by atoms with van der Waals surface area (Å²) < 4.78 is 0. The molecule has 4 bridgehead atoms. The normalized spacial score (nSPS) is 32.9. The number of nitro groups is 1. The molecule has 1 aromatic rings. The molecule has 132 valence electrons. The van der Waals surface area contributed by atoms with Crippen LogP contribution in [0.2, 0.25) is 0 Å². The van der Waals surface area contributed by atoms with Gasteiger partial charge in [0, 0.05) is 12.5 Å². The van der Waals surface area contributed by atoms with Gasteiger partial charge in [-0.3, -0.25) is 14.9 Å². The lowest BCUT2D eigenvalue weighted by Gasteiger charge is -2.56. The Kier molecular flexibility index (Phi) is 4.06. The maximum absolute atomic E-state index is 12.4. The SMILES string of the molecule is O=C(CC12CC3CC(CC(C3)C1)C2)N/N=C\c1ccccc1[N+](=O)[O-]. The summed E-state index contributed by atoms with van der Waals surface area (Å²) >= 11 is 0. The van der Waals surface area contributed by atoms with Crippen LogP contribution in [-0.4, -0.2) is 17.0 Å². The van der Waals surface area contributed by atoms with Crippen LogP contribution in [0.25, 0.3) is 0 Å². The Balaban J connectivity index is 1.38. The molecule has 4 aliphatic carbocycles. The van der Waals surface area contributed by atoms with Crippen molar-refractivity contribution >= 4 is 17.8 Å². The second-order valence-corrected chi connectivity index (χ2v) is 8.20. The number of nitrogens with one attached hydrogen (secondary N) is 1. The summed E-state index contributed by atoms with van der Waals surface area (Å²) in [5, 5.41) is 14.9. The van der Waals surface area contributed by atoms with Crippen LogP contribution < -0.4 is 5.43 Å². The lowest BCUT2D eigenvalue weighted by Crippen LogP contribution is -2.47. The van der Waals surface area contributed by atoms with E-state index in [9.17, 15) is 14.9 Å². The van der Waals surface area contributed by atoms with Crippen LogP contribution in [0.4, 0.5) is 5.69 Å². The lowest BCUT2D eigenvalue weighted by molar-refractivity contribution is -0.385. The Morgan fingerprint density at radius 1 is 1.20 bits per heavy atom. The number of rotatable bonds is 5. The van der Waals surface area contributed by atoms with Crippen molar-refractivity contribution in [2.24, 2.45) is 28.3 Å². The molecule has 5 rings (SSSR count). The summed E-state index contributed by atoms with van der Waals surface area (Å²) in [4.78, 5) is 22.9. The highest BCUT2D eigenvalue weighted by Crippen LogP contribution is 2.61. The van der Waals surface area contributed by atoms with E-state index < -0.39 is 4.92 Å². The third-order valence-corrected chi connectivity index (χ3v) is 6.23. The van der Waals surface area contributed by atoms with Gasteiger partial charge in [0.2, 0.25) is 5.91 Å². The third kappa shape index (κ3) is 3.30. The lowest BCUT2D eigenvalue weighted by atomic mass is 9.49. The van der Waals surface area contributed by atoms with Crippen LogP contribution in [0.1, 0.15) is 50.5 Å². The molecule has 4 aliphatic rings. The van der Waals surface area contributed by atoms with Gasteiger partial charge < -0.3 is 0 Å². The smallest absolute Gasteiger partial charge is 0.273 e. The zero-order valence-corrected chi connectivity index (χ0v) is 14.2. The van der Waals surface area contributed by atoms with E-state index in [2.05, 4.69) is 10.5 Å². The summed E-state index contributed by atoms with van der Waals surface area (Å²) in [6, 6.07) is 6.37. The van der Waals surface area contributed by atoms with Gasteiger partial charge >= 0.3 is 0 Å². The van der Waals surface area contributed by atoms with Gasteiger partial charge in [-0.1, -0.05) is 12.1 Å².